The Kier molecular flexibility index (Phi) is 5.85. The van der Waals surface area contributed by atoms with Crippen LogP contribution in [0.2, 0.25) is 0 Å². The monoisotopic (exact) mass is 352 g/mol. The molecule has 138 valence electrons. The molecule has 0 spiro atoms. The number of likely N-dealkylation sites (N-methyl/N-ethyl adjacent to an activating group) is 2. The lowest BCUT2D eigenvalue weighted by atomic mass is 10.1. The summed E-state index contributed by atoms with van der Waals surface area (Å²) in [5.41, 5.74) is 4.04. The van der Waals surface area contributed by atoms with Crippen LogP contribution in [-0.4, -0.2) is 79.1 Å². The smallest absolute Gasteiger partial charge is 0.178 e. The van der Waals surface area contributed by atoms with Gasteiger partial charge in [-0.3, -0.25) is 0 Å². The Labute approximate surface area is 155 Å². The number of hydrogen-bond acceptors (Lipinski definition) is 5. The first-order valence-electron chi connectivity index (χ1n) is 8.99. The number of benzene rings is 1. The molecule has 6 heteroatoms. The number of aromatic nitrogens is 3. The van der Waals surface area contributed by atoms with E-state index in [1.807, 2.05) is 12.1 Å². The Bertz CT molecular complexity index is 794. The molecule has 1 N–H and O–H groups in total. The molecule has 0 fully saturated rings. The van der Waals surface area contributed by atoms with E-state index in [4.69, 9.17) is 4.98 Å². The highest BCUT2D eigenvalue weighted by Gasteiger charge is 2.15. The van der Waals surface area contributed by atoms with Crippen LogP contribution in [0.1, 0.15) is 0 Å². The Morgan fingerprint density at radius 2 is 1.54 bits per heavy atom. The molecule has 1 aromatic carbocycles. The number of nitrogens with one attached hydrogen (secondary N) is 1. The molecule has 6 nitrogen and oxygen atoms in total. The number of hydrogen-bond donors (Lipinski definition) is 1. The first-order chi connectivity index (χ1) is 12.5. The highest BCUT2D eigenvalue weighted by Crippen LogP contribution is 2.30. The lowest BCUT2D eigenvalue weighted by molar-refractivity contribution is 0.391. The second-order valence-electron chi connectivity index (χ2n) is 7.07. The SMILES string of the molecule is CN(C)CCN(CCN(C)C)c1ccccc1-c1nc2ncccc2[nH]1. The van der Waals surface area contributed by atoms with Crippen LogP contribution in [-0.2, 0) is 0 Å². The average Bonchev–Trinajstić information content (AvgIpc) is 3.05. The van der Waals surface area contributed by atoms with Crippen molar-refractivity contribution < 1.29 is 0 Å². The van der Waals surface area contributed by atoms with Gasteiger partial charge in [0.15, 0.2) is 5.65 Å². The van der Waals surface area contributed by atoms with Crippen LogP contribution >= 0.6 is 0 Å². The topological polar surface area (TPSA) is 51.3 Å². The summed E-state index contributed by atoms with van der Waals surface area (Å²) in [5, 5.41) is 0. The van der Waals surface area contributed by atoms with Crippen molar-refractivity contribution in [3.05, 3.63) is 42.6 Å². The number of nitrogens with zero attached hydrogens (tertiary/aromatic N) is 5. The van der Waals surface area contributed by atoms with Crippen molar-refractivity contribution in [1.82, 2.24) is 24.8 Å². The van der Waals surface area contributed by atoms with E-state index in [2.05, 4.69) is 77.1 Å². The van der Waals surface area contributed by atoms with Gasteiger partial charge < -0.3 is 19.7 Å². The van der Waals surface area contributed by atoms with Crippen LogP contribution < -0.4 is 4.90 Å². The molecule has 0 aliphatic heterocycles. The van der Waals surface area contributed by atoms with E-state index in [1.54, 1.807) is 6.20 Å². The normalized spacial score (nSPS) is 11.6. The van der Waals surface area contributed by atoms with Crippen LogP contribution in [0.5, 0.6) is 0 Å². The standard InChI is InChI=1S/C20H28N6/c1-24(2)12-14-26(15-13-25(3)4)18-10-6-5-8-16(18)19-22-17-9-7-11-21-20(17)23-19/h5-11H,12-15H2,1-4H3,(H,21,22,23). The van der Waals surface area contributed by atoms with Gasteiger partial charge in [0.25, 0.3) is 0 Å². The molecule has 3 rings (SSSR count). The predicted octanol–water partition coefficient (Wildman–Crippen LogP) is 2.55. The van der Waals surface area contributed by atoms with E-state index in [0.29, 0.717) is 0 Å². The molecule has 3 aromatic rings. The molecule has 2 aromatic heterocycles. The first kappa shape index (κ1) is 18.4. The minimum absolute atomic E-state index is 0.755. The maximum absolute atomic E-state index is 4.70. The minimum atomic E-state index is 0.755. The van der Waals surface area contributed by atoms with Crippen molar-refractivity contribution in [2.24, 2.45) is 0 Å². The number of para-hydroxylation sites is 1. The lowest BCUT2D eigenvalue weighted by Gasteiger charge is -2.29. The molecular weight excluding hydrogens is 324 g/mol. The van der Waals surface area contributed by atoms with Crippen molar-refractivity contribution in [2.75, 3.05) is 59.3 Å². The molecule has 0 aliphatic carbocycles. The molecule has 0 saturated heterocycles. The molecule has 26 heavy (non-hydrogen) atoms. The first-order valence-corrected chi connectivity index (χ1v) is 8.99. The number of anilines is 1. The van der Waals surface area contributed by atoms with Gasteiger partial charge in [-0.2, -0.15) is 0 Å². The summed E-state index contributed by atoms with van der Waals surface area (Å²) in [7, 11) is 8.45. The van der Waals surface area contributed by atoms with Crippen LogP contribution in [0.15, 0.2) is 42.6 Å². The Hall–Kier alpha value is -2.44. The van der Waals surface area contributed by atoms with Gasteiger partial charge in [-0.25, -0.2) is 9.97 Å². The second kappa shape index (κ2) is 8.29. The van der Waals surface area contributed by atoms with Gasteiger partial charge in [-0.05, 0) is 52.5 Å². The quantitative estimate of drug-likeness (QED) is 0.675. The summed E-state index contributed by atoms with van der Waals surface area (Å²) in [6, 6.07) is 12.4. The van der Waals surface area contributed by atoms with E-state index >= 15 is 0 Å². The predicted molar refractivity (Wildman–Crippen MR) is 109 cm³/mol. The van der Waals surface area contributed by atoms with Crippen LogP contribution in [0.4, 0.5) is 5.69 Å². The zero-order valence-electron chi connectivity index (χ0n) is 16.1. The summed E-state index contributed by atoms with van der Waals surface area (Å²) >= 11 is 0. The number of pyridine rings is 1. The zero-order valence-corrected chi connectivity index (χ0v) is 16.1. The van der Waals surface area contributed by atoms with Crippen molar-refractivity contribution >= 4 is 16.9 Å². The number of aromatic amines is 1. The highest BCUT2D eigenvalue weighted by atomic mass is 15.2. The van der Waals surface area contributed by atoms with Gasteiger partial charge in [0.2, 0.25) is 0 Å². The van der Waals surface area contributed by atoms with Gasteiger partial charge in [-0.1, -0.05) is 12.1 Å². The van der Waals surface area contributed by atoms with Crippen molar-refractivity contribution in [3.63, 3.8) is 0 Å². The molecule has 0 unspecified atom stereocenters. The minimum Gasteiger partial charge on any atom is -0.368 e. The van der Waals surface area contributed by atoms with E-state index in [0.717, 1.165) is 48.7 Å². The Balaban J connectivity index is 1.96. The summed E-state index contributed by atoms with van der Waals surface area (Å²) in [5.74, 6) is 0.869. The maximum atomic E-state index is 4.70. The largest absolute Gasteiger partial charge is 0.368 e. The number of fused-ring (bicyclic) bond motifs is 1. The van der Waals surface area contributed by atoms with Gasteiger partial charge >= 0.3 is 0 Å². The molecule has 0 amide bonds. The van der Waals surface area contributed by atoms with Gasteiger partial charge in [0.1, 0.15) is 5.82 Å². The van der Waals surface area contributed by atoms with Crippen molar-refractivity contribution in [3.8, 4) is 11.4 Å². The summed E-state index contributed by atoms with van der Waals surface area (Å²) < 4.78 is 0. The number of rotatable bonds is 8. The van der Waals surface area contributed by atoms with E-state index in [9.17, 15) is 0 Å². The highest BCUT2D eigenvalue weighted by molar-refractivity contribution is 5.81. The van der Waals surface area contributed by atoms with Crippen LogP contribution in [0.25, 0.3) is 22.6 Å². The van der Waals surface area contributed by atoms with E-state index in [1.165, 1.54) is 5.69 Å². The van der Waals surface area contributed by atoms with Gasteiger partial charge in [-0.15, -0.1) is 0 Å². The van der Waals surface area contributed by atoms with Gasteiger partial charge in [0.05, 0.1) is 5.52 Å². The number of H-pyrrole nitrogens is 1. The lowest BCUT2D eigenvalue weighted by Crippen LogP contribution is -2.36. The van der Waals surface area contributed by atoms with Crippen LogP contribution in [0, 0.1) is 0 Å². The molecule has 0 saturated carbocycles. The second-order valence-corrected chi connectivity index (χ2v) is 7.07. The average molecular weight is 352 g/mol. The van der Waals surface area contributed by atoms with E-state index in [-0.39, 0.29) is 0 Å². The molecule has 0 aliphatic rings. The fourth-order valence-corrected chi connectivity index (χ4v) is 2.92. The van der Waals surface area contributed by atoms with Crippen LogP contribution in [0.3, 0.4) is 0 Å². The molecule has 0 atom stereocenters. The molecular formula is C20H28N6. The molecule has 2 heterocycles. The summed E-state index contributed by atoms with van der Waals surface area (Å²) in [6.07, 6.45) is 1.78. The van der Waals surface area contributed by atoms with E-state index < -0.39 is 0 Å². The number of imidazole rings is 1. The summed E-state index contributed by atoms with van der Waals surface area (Å²) in [4.78, 5) is 19.3. The molecule has 0 radical (unpaired) electrons. The fourth-order valence-electron chi connectivity index (χ4n) is 2.92. The Morgan fingerprint density at radius 1 is 0.846 bits per heavy atom. The third-order valence-electron chi connectivity index (χ3n) is 4.39. The summed E-state index contributed by atoms with van der Waals surface area (Å²) in [6.45, 7) is 3.94. The third kappa shape index (κ3) is 4.39. The Morgan fingerprint density at radius 3 is 2.19 bits per heavy atom. The fraction of sp³-hybridized carbons (Fsp3) is 0.400. The van der Waals surface area contributed by atoms with Gasteiger partial charge in [0, 0.05) is 43.6 Å². The zero-order chi connectivity index (χ0) is 18.5. The maximum Gasteiger partial charge on any atom is 0.178 e. The molecule has 0 bridgehead atoms. The van der Waals surface area contributed by atoms with Crippen molar-refractivity contribution in [1.29, 1.82) is 0 Å². The third-order valence-corrected chi connectivity index (χ3v) is 4.39. The van der Waals surface area contributed by atoms with Crippen molar-refractivity contribution in [2.45, 2.75) is 0 Å².